The van der Waals surface area contributed by atoms with Gasteiger partial charge in [0.25, 0.3) is 0 Å². The molecule has 6 nitrogen and oxygen atoms in total. The molecule has 0 saturated carbocycles. The minimum Gasteiger partial charge on any atom is -0.387 e. The highest BCUT2D eigenvalue weighted by Gasteiger charge is 2.35. The molecule has 18 heavy (non-hydrogen) atoms. The van der Waals surface area contributed by atoms with E-state index in [1.165, 1.54) is 0 Å². The van der Waals surface area contributed by atoms with Crippen LogP contribution in [0.3, 0.4) is 0 Å². The van der Waals surface area contributed by atoms with Crippen LogP contribution in [-0.2, 0) is 0 Å². The van der Waals surface area contributed by atoms with E-state index in [1.807, 2.05) is 18.1 Å². The summed E-state index contributed by atoms with van der Waals surface area (Å²) in [6, 6.07) is 2.44. The van der Waals surface area contributed by atoms with E-state index in [2.05, 4.69) is 26.6 Å². The topological polar surface area (TPSA) is 60.5 Å². The van der Waals surface area contributed by atoms with Crippen molar-refractivity contribution in [1.82, 2.24) is 15.2 Å². The minimum absolute atomic E-state index is 0.0711. The Balaban J connectivity index is 1.76. The van der Waals surface area contributed by atoms with Gasteiger partial charge in [-0.2, -0.15) is 0 Å². The lowest BCUT2D eigenvalue weighted by Crippen LogP contribution is -2.52. The third-order valence-corrected chi connectivity index (χ3v) is 3.61. The Bertz CT molecular complexity index is 464. The molecule has 1 atom stereocenters. The van der Waals surface area contributed by atoms with Gasteiger partial charge < -0.3 is 20.4 Å². The van der Waals surface area contributed by atoms with E-state index in [0.29, 0.717) is 0 Å². The quantitative estimate of drug-likeness (QED) is 0.791. The molecule has 2 fully saturated rings. The zero-order chi connectivity index (χ0) is 12.5. The Morgan fingerprint density at radius 1 is 1.44 bits per heavy atom. The van der Waals surface area contributed by atoms with Crippen molar-refractivity contribution in [3.05, 3.63) is 18.5 Å². The second-order valence-electron chi connectivity index (χ2n) is 4.66. The number of anilines is 2. The van der Waals surface area contributed by atoms with E-state index >= 15 is 0 Å². The second-order valence-corrected chi connectivity index (χ2v) is 4.66. The first-order valence-electron chi connectivity index (χ1n) is 6.20. The van der Waals surface area contributed by atoms with Gasteiger partial charge in [0.1, 0.15) is 0 Å². The lowest BCUT2D eigenvalue weighted by atomic mass is 10.2. The Kier molecular flexibility index (Phi) is 2.70. The molecule has 1 aromatic heterocycles. The van der Waals surface area contributed by atoms with Crippen molar-refractivity contribution in [3.63, 3.8) is 0 Å². The number of carbonyl (C=O) groups excluding carboxylic acids is 1. The molecule has 2 amide bonds. The Morgan fingerprint density at radius 3 is 3.17 bits per heavy atom. The molecule has 0 spiro atoms. The lowest BCUT2D eigenvalue weighted by Gasteiger charge is -2.37. The van der Waals surface area contributed by atoms with Gasteiger partial charge in [0, 0.05) is 33.2 Å². The highest BCUT2D eigenvalue weighted by molar-refractivity contribution is 5.77. The largest absolute Gasteiger partial charge is 0.387 e. The van der Waals surface area contributed by atoms with Gasteiger partial charge in [-0.05, 0) is 6.07 Å². The number of fused-ring (bicyclic) bond motifs is 1. The van der Waals surface area contributed by atoms with Gasteiger partial charge >= 0.3 is 6.03 Å². The fraction of sp³-hybridized carbons (Fsp3) is 0.500. The highest BCUT2D eigenvalue weighted by Crippen LogP contribution is 2.22. The molecule has 0 bridgehead atoms. The standard InChI is InChI=1S/C12H17N5O/c1-13-9-4-10(6-14-5-9)16-2-3-17-11(8-16)7-15-12(17)18/h4-6,11,13H,2-3,7-8H2,1H3,(H,15,18). The molecule has 2 N–H and O–H groups in total. The van der Waals surface area contributed by atoms with E-state index < -0.39 is 0 Å². The minimum atomic E-state index is 0.0711. The van der Waals surface area contributed by atoms with Crippen molar-refractivity contribution in [2.75, 3.05) is 43.4 Å². The highest BCUT2D eigenvalue weighted by atomic mass is 16.2. The molecule has 96 valence electrons. The SMILES string of the molecule is CNc1cncc(N2CCN3C(=O)NCC3C2)c1. The summed E-state index contributed by atoms with van der Waals surface area (Å²) in [4.78, 5) is 20.0. The summed E-state index contributed by atoms with van der Waals surface area (Å²) in [6.45, 7) is 3.25. The number of nitrogens with zero attached hydrogens (tertiary/aromatic N) is 3. The number of aromatic nitrogens is 1. The summed E-state index contributed by atoms with van der Waals surface area (Å²) < 4.78 is 0. The summed E-state index contributed by atoms with van der Waals surface area (Å²) in [6.07, 6.45) is 3.68. The summed E-state index contributed by atoms with van der Waals surface area (Å²) >= 11 is 0. The van der Waals surface area contributed by atoms with Crippen LogP contribution in [0.1, 0.15) is 0 Å². The number of rotatable bonds is 2. The van der Waals surface area contributed by atoms with Crippen LogP contribution < -0.4 is 15.5 Å². The predicted molar refractivity (Wildman–Crippen MR) is 69.9 cm³/mol. The maximum atomic E-state index is 11.5. The first kappa shape index (κ1) is 11.1. The van der Waals surface area contributed by atoms with E-state index in [-0.39, 0.29) is 12.1 Å². The summed E-state index contributed by atoms with van der Waals surface area (Å²) in [5, 5.41) is 5.98. The molecular weight excluding hydrogens is 230 g/mol. The molecule has 1 unspecified atom stereocenters. The number of piperazine rings is 1. The zero-order valence-corrected chi connectivity index (χ0v) is 10.4. The number of hydrogen-bond acceptors (Lipinski definition) is 4. The zero-order valence-electron chi connectivity index (χ0n) is 10.4. The molecule has 6 heteroatoms. The van der Waals surface area contributed by atoms with Crippen molar-refractivity contribution in [1.29, 1.82) is 0 Å². The Hall–Kier alpha value is -1.98. The fourth-order valence-corrected chi connectivity index (χ4v) is 2.58. The number of nitrogens with one attached hydrogen (secondary N) is 2. The van der Waals surface area contributed by atoms with E-state index in [9.17, 15) is 4.79 Å². The van der Waals surface area contributed by atoms with Crippen LogP contribution in [0.4, 0.5) is 16.2 Å². The van der Waals surface area contributed by atoms with Gasteiger partial charge in [-0.1, -0.05) is 0 Å². The van der Waals surface area contributed by atoms with Crippen LogP contribution in [0, 0.1) is 0 Å². The molecule has 0 radical (unpaired) electrons. The van der Waals surface area contributed by atoms with Gasteiger partial charge in [-0.25, -0.2) is 4.79 Å². The van der Waals surface area contributed by atoms with Crippen molar-refractivity contribution < 1.29 is 4.79 Å². The van der Waals surface area contributed by atoms with Crippen LogP contribution in [0.5, 0.6) is 0 Å². The molecular formula is C12H17N5O. The number of amides is 2. The average molecular weight is 247 g/mol. The molecule has 0 aromatic carbocycles. The van der Waals surface area contributed by atoms with Gasteiger partial charge in [0.2, 0.25) is 0 Å². The molecule has 2 aliphatic rings. The van der Waals surface area contributed by atoms with Crippen LogP contribution >= 0.6 is 0 Å². The molecule has 3 rings (SSSR count). The maximum Gasteiger partial charge on any atom is 0.317 e. The second kappa shape index (κ2) is 4.36. The Labute approximate surface area is 106 Å². The normalized spacial score (nSPS) is 22.7. The first-order valence-corrected chi connectivity index (χ1v) is 6.20. The van der Waals surface area contributed by atoms with Crippen molar-refractivity contribution in [2.24, 2.45) is 0 Å². The monoisotopic (exact) mass is 247 g/mol. The van der Waals surface area contributed by atoms with Crippen LogP contribution in [0.15, 0.2) is 18.5 Å². The summed E-state index contributed by atoms with van der Waals surface area (Å²) in [7, 11) is 1.89. The number of urea groups is 1. The van der Waals surface area contributed by atoms with Crippen molar-refractivity contribution in [3.8, 4) is 0 Å². The number of hydrogen-bond donors (Lipinski definition) is 2. The third kappa shape index (κ3) is 1.83. The van der Waals surface area contributed by atoms with Gasteiger partial charge in [0.05, 0.1) is 29.8 Å². The van der Waals surface area contributed by atoms with Crippen LogP contribution in [0.25, 0.3) is 0 Å². The smallest absolute Gasteiger partial charge is 0.317 e. The van der Waals surface area contributed by atoms with Crippen LogP contribution in [0.2, 0.25) is 0 Å². The molecule has 0 aliphatic carbocycles. The maximum absolute atomic E-state index is 11.5. The third-order valence-electron chi connectivity index (χ3n) is 3.61. The Morgan fingerprint density at radius 2 is 2.33 bits per heavy atom. The summed E-state index contributed by atoms with van der Waals surface area (Å²) in [5.74, 6) is 0. The van der Waals surface area contributed by atoms with E-state index in [0.717, 1.165) is 37.6 Å². The summed E-state index contributed by atoms with van der Waals surface area (Å²) in [5.41, 5.74) is 2.12. The molecule has 3 heterocycles. The van der Waals surface area contributed by atoms with Crippen LogP contribution in [-0.4, -0.2) is 55.2 Å². The van der Waals surface area contributed by atoms with Crippen molar-refractivity contribution in [2.45, 2.75) is 6.04 Å². The fourth-order valence-electron chi connectivity index (χ4n) is 2.58. The number of pyridine rings is 1. The first-order chi connectivity index (χ1) is 8.78. The van der Waals surface area contributed by atoms with Gasteiger partial charge in [-0.3, -0.25) is 4.98 Å². The molecule has 2 aliphatic heterocycles. The van der Waals surface area contributed by atoms with Crippen molar-refractivity contribution >= 4 is 17.4 Å². The van der Waals surface area contributed by atoms with Gasteiger partial charge in [0.15, 0.2) is 0 Å². The lowest BCUT2D eigenvalue weighted by molar-refractivity contribution is 0.197. The molecule has 2 saturated heterocycles. The average Bonchev–Trinajstić information content (AvgIpc) is 2.80. The van der Waals surface area contributed by atoms with E-state index in [1.54, 1.807) is 6.20 Å². The predicted octanol–water partition coefficient (Wildman–Crippen LogP) is 0.337. The molecule has 1 aromatic rings. The number of carbonyl (C=O) groups is 1. The van der Waals surface area contributed by atoms with E-state index in [4.69, 9.17) is 0 Å². The van der Waals surface area contributed by atoms with Gasteiger partial charge in [-0.15, -0.1) is 0 Å².